The third-order valence-corrected chi connectivity index (χ3v) is 3.41. The van der Waals surface area contributed by atoms with Crippen LogP contribution < -0.4 is 5.73 Å². The van der Waals surface area contributed by atoms with Gasteiger partial charge in [-0.15, -0.1) is 0 Å². The van der Waals surface area contributed by atoms with E-state index in [1.807, 2.05) is 18.5 Å². The molecule has 0 bridgehead atoms. The second kappa shape index (κ2) is 4.60. The minimum atomic E-state index is -0.416. The lowest BCUT2D eigenvalue weighted by Gasteiger charge is -2.31. The topological polar surface area (TPSA) is 56.7 Å². The second-order valence-electron chi connectivity index (χ2n) is 6.47. The van der Waals surface area contributed by atoms with Crippen molar-refractivity contribution in [3.05, 3.63) is 24.3 Å². The molecule has 1 atom stereocenters. The van der Waals surface area contributed by atoms with Crippen molar-refractivity contribution in [2.45, 2.75) is 58.5 Å². The largest absolute Gasteiger partial charge is 0.321 e. The highest BCUT2D eigenvalue weighted by Crippen LogP contribution is 2.31. The maximum Gasteiger partial charge on any atom is 0.130 e. The summed E-state index contributed by atoms with van der Waals surface area (Å²) in [6, 6.07) is 2.01. The molecule has 19 heavy (non-hydrogen) atoms. The zero-order chi connectivity index (χ0) is 14.3. The van der Waals surface area contributed by atoms with Crippen LogP contribution in [-0.2, 0) is 11.1 Å². The predicted octanol–water partition coefficient (Wildman–Crippen LogP) is 3.16. The molecule has 1 unspecified atom stereocenters. The second-order valence-corrected chi connectivity index (χ2v) is 6.47. The summed E-state index contributed by atoms with van der Waals surface area (Å²) in [5.41, 5.74) is 8.05. The number of rotatable bonds is 3. The monoisotopic (exact) mass is 260 g/mol. The molecule has 2 rings (SSSR count). The Balaban J connectivity index is 2.73. The highest BCUT2D eigenvalue weighted by Gasteiger charge is 2.31. The minimum absolute atomic E-state index is 0.0557. The average molecular weight is 260 g/mol. The molecule has 0 amide bonds. The molecular formula is C15H24N4. The van der Waals surface area contributed by atoms with E-state index in [9.17, 15) is 0 Å². The van der Waals surface area contributed by atoms with Gasteiger partial charge in [-0.05, 0) is 40.2 Å². The zero-order valence-electron chi connectivity index (χ0n) is 12.6. The van der Waals surface area contributed by atoms with Gasteiger partial charge in [0, 0.05) is 11.7 Å². The van der Waals surface area contributed by atoms with Crippen molar-refractivity contribution in [2.75, 3.05) is 0 Å². The molecule has 0 saturated heterocycles. The number of hydrogen-bond donors (Lipinski definition) is 1. The number of fused-ring (bicyclic) bond motifs is 1. The first-order chi connectivity index (χ1) is 8.77. The molecule has 0 aliphatic heterocycles. The van der Waals surface area contributed by atoms with E-state index in [0.29, 0.717) is 0 Å². The Kier molecular flexibility index (Phi) is 3.39. The van der Waals surface area contributed by atoms with Gasteiger partial charge in [0.15, 0.2) is 0 Å². The molecule has 0 aliphatic carbocycles. The maximum absolute atomic E-state index is 6.51. The van der Waals surface area contributed by atoms with Gasteiger partial charge in [-0.1, -0.05) is 13.3 Å². The van der Waals surface area contributed by atoms with Crippen LogP contribution in [-0.4, -0.2) is 14.5 Å². The molecule has 2 N–H and O–H groups in total. The molecule has 0 aromatic carbocycles. The van der Waals surface area contributed by atoms with Gasteiger partial charge in [-0.3, -0.25) is 4.98 Å². The average Bonchev–Trinajstić information content (AvgIpc) is 2.68. The van der Waals surface area contributed by atoms with Crippen LogP contribution in [0, 0.1) is 0 Å². The van der Waals surface area contributed by atoms with Crippen molar-refractivity contribution < 1.29 is 0 Å². The quantitative estimate of drug-likeness (QED) is 0.922. The molecule has 104 valence electrons. The van der Waals surface area contributed by atoms with Gasteiger partial charge in [0.25, 0.3) is 0 Å². The van der Waals surface area contributed by atoms with Crippen LogP contribution in [0.2, 0.25) is 0 Å². The zero-order valence-corrected chi connectivity index (χ0v) is 12.6. The van der Waals surface area contributed by atoms with Crippen LogP contribution in [0.25, 0.3) is 11.0 Å². The molecule has 0 radical (unpaired) electrons. The summed E-state index contributed by atoms with van der Waals surface area (Å²) >= 11 is 0. The van der Waals surface area contributed by atoms with Crippen LogP contribution in [0.3, 0.4) is 0 Å². The van der Waals surface area contributed by atoms with Gasteiger partial charge >= 0.3 is 0 Å². The van der Waals surface area contributed by atoms with Crippen LogP contribution in [0.15, 0.2) is 18.5 Å². The SMILES string of the molecule is CCCC(C)(N)c1nc2cnccc2n1C(C)(C)C. The number of nitrogens with two attached hydrogens (primary N) is 1. The fraction of sp³-hybridized carbons (Fsp3) is 0.600. The molecular weight excluding hydrogens is 236 g/mol. The van der Waals surface area contributed by atoms with Gasteiger partial charge in [0.1, 0.15) is 11.3 Å². The molecule has 0 spiro atoms. The van der Waals surface area contributed by atoms with Crippen molar-refractivity contribution in [3.63, 3.8) is 0 Å². The number of aromatic nitrogens is 3. The molecule has 0 saturated carbocycles. The lowest BCUT2D eigenvalue weighted by Crippen LogP contribution is -2.39. The Morgan fingerprint density at radius 1 is 1.26 bits per heavy atom. The van der Waals surface area contributed by atoms with E-state index in [-0.39, 0.29) is 5.54 Å². The summed E-state index contributed by atoms with van der Waals surface area (Å²) in [6.07, 6.45) is 5.57. The molecule has 2 heterocycles. The van der Waals surface area contributed by atoms with Crippen molar-refractivity contribution in [3.8, 4) is 0 Å². The summed E-state index contributed by atoms with van der Waals surface area (Å²) in [6.45, 7) is 10.8. The van der Waals surface area contributed by atoms with E-state index in [1.54, 1.807) is 0 Å². The molecule has 2 aromatic rings. The lowest BCUT2D eigenvalue weighted by molar-refractivity contribution is 0.333. The Bertz CT molecular complexity index is 575. The first-order valence-electron chi connectivity index (χ1n) is 6.89. The number of pyridine rings is 1. The van der Waals surface area contributed by atoms with Gasteiger partial charge in [0.2, 0.25) is 0 Å². The normalized spacial score (nSPS) is 15.7. The Hall–Kier alpha value is -1.42. The van der Waals surface area contributed by atoms with Crippen LogP contribution in [0.4, 0.5) is 0 Å². The van der Waals surface area contributed by atoms with Crippen molar-refractivity contribution in [1.82, 2.24) is 14.5 Å². The highest BCUT2D eigenvalue weighted by atomic mass is 15.2. The molecule has 4 heteroatoms. The van der Waals surface area contributed by atoms with E-state index < -0.39 is 5.54 Å². The van der Waals surface area contributed by atoms with E-state index in [1.165, 1.54) is 0 Å². The molecule has 4 nitrogen and oxygen atoms in total. The maximum atomic E-state index is 6.51. The van der Waals surface area contributed by atoms with Crippen LogP contribution in [0.1, 0.15) is 53.3 Å². The fourth-order valence-electron chi connectivity index (χ4n) is 2.63. The van der Waals surface area contributed by atoms with Crippen molar-refractivity contribution in [2.24, 2.45) is 5.73 Å². The third kappa shape index (κ3) is 2.50. The Morgan fingerprint density at radius 3 is 2.53 bits per heavy atom. The van der Waals surface area contributed by atoms with Crippen LogP contribution >= 0.6 is 0 Å². The summed E-state index contributed by atoms with van der Waals surface area (Å²) in [5.74, 6) is 0.949. The number of hydrogen-bond acceptors (Lipinski definition) is 3. The number of imidazole rings is 1. The van der Waals surface area contributed by atoms with Gasteiger partial charge in [-0.25, -0.2) is 4.98 Å². The predicted molar refractivity (Wildman–Crippen MR) is 79.0 cm³/mol. The van der Waals surface area contributed by atoms with E-state index >= 15 is 0 Å². The van der Waals surface area contributed by atoms with Gasteiger partial charge in [-0.2, -0.15) is 0 Å². The number of nitrogens with zero attached hydrogens (tertiary/aromatic N) is 3. The van der Waals surface area contributed by atoms with Crippen LogP contribution in [0.5, 0.6) is 0 Å². The standard InChI is InChI=1S/C15H24N4/c1-6-8-15(5,16)13-18-11-10-17-9-7-12(11)19(13)14(2,3)4/h7,9-10H,6,8,16H2,1-5H3. The first-order valence-corrected chi connectivity index (χ1v) is 6.89. The summed E-state index contributed by atoms with van der Waals surface area (Å²) in [7, 11) is 0. The molecule has 0 fully saturated rings. The summed E-state index contributed by atoms with van der Waals surface area (Å²) in [5, 5.41) is 0. The van der Waals surface area contributed by atoms with E-state index in [2.05, 4.69) is 44.2 Å². The minimum Gasteiger partial charge on any atom is -0.321 e. The summed E-state index contributed by atoms with van der Waals surface area (Å²) in [4.78, 5) is 8.91. The molecule has 2 aromatic heterocycles. The first kappa shape index (κ1) is 14.0. The van der Waals surface area contributed by atoms with Gasteiger partial charge < -0.3 is 10.3 Å². The fourth-order valence-corrected chi connectivity index (χ4v) is 2.63. The van der Waals surface area contributed by atoms with E-state index in [0.717, 1.165) is 29.7 Å². The molecule has 0 aliphatic rings. The smallest absolute Gasteiger partial charge is 0.130 e. The van der Waals surface area contributed by atoms with Crippen molar-refractivity contribution in [1.29, 1.82) is 0 Å². The summed E-state index contributed by atoms with van der Waals surface area (Å²) < 4.78 is 2.25. The Labute approximate surface area is 115 Å². The van der Waals surface area contributed by atoms with Gasteiger partial charge in [0.05, 0.1) is 17.3 Å². The Morgan fingerprint density at radius 2 is 1.95 bits per heavy atom. The highest BCUT2D eigenvalue weighted by molar-refractivity contribution is 5.75. The third-order valence-electron chi connectivity index (χ3n) is 3.41. The van der Waals surface area contributed by atoms with E-state index in [4.69, 9.17) is 10.7 Å². The lowest BCUT2D eigenvalue weighted by atomic mass is 9.95. The van der Waals surface area contributed by atoms with Crippen molar-refractivity contribution >= 4 is 11.0 Å².